The largest absolute Gasteiger partial charge is 0.493 e. The number of alkyl halides is 1. The van der Waals surface area contributed by atoms with Crippen molar-refractivity contribution in [3.63, 3.8) is 0 Å². The minimum absolute atomic E-state index is 0.363. The molecule has 1 aliphatic rings. The Morgan fingerprint density at radius 1 is 1.25 bits per heavy atom. The van der Waals surface area contributed by atoms with Gasteiger partial charge in [0.1, 0.15) is 5.75 Å². The maximum atomic E-state index is 5.90. The average molecular weight is 348 g/mol. The van der Waals surface area contributed by atoms with Crippen LogP contribution in [0.2, 0.25) is 0 Å². The molecule has 0 heterocycles. The van der Waals surface area contributed by atoms with E-state index in [9.17, 15) is 0 Å². The van der Waals surface area contributed by atoms with Crippen molar-refractivity contribution in [3.8, 4) is 5.75 Å². The van der Waals surface area contributed by atoms with Crippen LogP contribution >= 0.6 is 31.9 Å². The number of rotatable bonds is 4. The van der Waals surface area contributed by atoms with Crippen LogP contribution in [-0.2, 0) is 0 Å². The SMILES string of the molecule is BrCC1(COc2cccc(Br)c2)CCCC1. The summed E-state index contributed by atoms with van der Waals surface area (Å²) >= 11 is 7.09. The summed E-state index contributed by atoms with van der Waals surface area (Å²) in [6.45, 7) is 0.828. The molecule has 1 aliphatic carbocycles. The molecule has 0 spiro atoms. The number of halogens is 2. The smallest absolute Gasteiger partial charge is 0.120 e. The van der Waals surface area contributed by atoms with Gasteiger partial charge >= 0.3 is 0 Å². The molecule has 0 aromatic heterocycles. The first-order valence-corrected chi connectivity index (χ1v) is 7.60. The van der Waals surface area contributed by atoms with Crippen molar-refractivity contribution in [1.82, 2.24) is 0 Å². The summed E-state index contributed by atoms with van der Waals surface area (Å²) in [5, 5.41) is 1.05. The molecular formula is C13H16Br2O. The van der Waals surface area contributed by atoms with E-state index in [0.29, 0.717) is 5.41 Å². The van der Waals surface area contributed by atoms with Crippen molar-refractivity contribution in [2.45, 2.75) is 25.7 Å². The lowest BCUT2D eigenvalue weighted by molar-refractivity contribution is 0.174. The number of benzene rings is 1. The lowest BCUT2D eigenvalue weighted by atomic mass is 9.90. The quantitative estimate of drug-likeness (QED) is 0.712. The standard InChI is InChI=1S/C13H16Br2O/c14-9-13(6-1-2-7-13)10-16-12-5-3-4-11(15)8-12/h3-5,8H,1-2,6-7,9-10H2. The fourth-order valence-corrected chi connectivity index (χ4v) is 3.34. The van der Waals surface area contributed by atoms with E-state index in [1.165, 1.54) is 25.7 Å². The molecule has 1 fully saturated rings. The summed E-state index contributed by atoms with van der Waals surface area (Å²) in [7, 11) is 0. The second-order valence-electron chi connectivity index (χ2n) is 4.59. The van der Waals surface area contributed by atoms with Crippen LogP contribution in [0.25, 0.3) is 0 Å². The second kappa shape index (κ2) is 5.54. The highest BCUT2D eigenvalue weighted by atomic mass is 79.9. The highest BCUT2D eigenvalue weighted by molar-refractivity contribution is 9.10. The van der Waals surface area contributed by atoms with Crippen LogP contribution in [0.1, 0.15) is 25.7 Å². The van der Waals surface area contributed by atoms with Gasteiger partial charge in [-0.2, -0.15) is 0 Å². The van der Waals surface area contributed by atoms with Crippen molar-refractivity contribution < 1.29 is 4.74 Å². The summed E-state index contributed by atoms with van der Waals surface area (Å²) in [6, 6.07) is 8.07. The summed E-state index contributed by atoms with van der Waals surface area (Å²) in [6.07, 6.45) is 5.25. The Morgan fingerprint density at radius 3 is 2.62 bits per heavy atom. The minimum Gasteiger partial charge on any atom is -0.493 e. The van der Waals surface area contributed by atoms with E-state index >= 15 is 0 Å². The Labute approximate surface area is 114 Å². The molecule has 0 unspecified atom stereocenters. The van der Waals surface area contributed by atoms with Crippen molar-refractivity contribution in [2.75, 3.05) is 11.9 Å². The lowest BCUT2D eigenvalue weighted by Gasteiger charge is -2.26. The third-order valence-electron chi connectivity index (χ3n) is 3.29. The molecule has 1 aromatic rings. The Hall–Kier alpha value is -0.0200. The zero-order valence-corrected chi connectivity index (χ0v) is 12.4. The van der Waals surface area contributed by atoms with Crippen LogP contribution in [0.3, 0.4) is 0 Å². The van der Waals surface area contributed by atoms with Crippen LogP contribution in [-0.4, -0.2) is 11.9 Å². The fourth-order valence-electron chi connectivity index (χ4n) is 2.23. The maximum absolute atomic E-state index is 5.90. The van der Waals surface area contributed by atoms with Gasteiger partial charge in [0.2, 0.25) is 0 Å². The van der Waals surface area contributed by atoms with Gasteiger partial charge < -0.3 is 4.74 Å². The van der Waals surface area contributed by atoms with E-state index in [2.05, 4.69) is 31.9 Å². The Balaban J connectivity index is 1.95. The molecule has 88 valence electrons. The Kier molecular flexibility index (Phi) is 4.31. The van der Waals surface area contributed by atoms with Gasteiger partial charge in [0.15, 0.2) is 0 Å². The van der Waals surface area contributed by atoms with Gasteiger partial charge in [-0.3, -0.25) is 0 Å². The lowest BCUT2D eigenvalue weighted by Crippen LogP contribution is -2.26. The molecular weight excluding hydrogens is 332 g/mol. The van der Waals surface area contributed by atoms with Crippen LogP contribution in [0.4, 0.5) is 0 Å². The molecule has 0 bridgehead atoms. The first-order chi connectivity index (χ1) is 7.74. The first kappa shape index (κ1) is 12.4. The van der Waals surface area contributed by atoms with E-state index < -0.39 is 0 Å². The Morgan fingerprint density at radius 2 is 2.00 bits per heavy atom. The molecule has 16 heavy (non-hydrogen) atoms. The third-order valence-corrected chi connectivity index (χ3v) is 4.97. The molecule has 2 rings (SSSR count). The van der Waals surface area contributed by atoms with Crippen molar-refractivity contribution >= 4 is 31.9 Å². The zero-order chi connectivity index (χ0) is 11.4. The van der Waals surface area contributed by atoms with Gasteiger partial charge in [0, 0.05) is 15.2 Å². The number of ether oxygens (including phenoxy) is 1. The zero-order valence-electron chi connectivity index (χ0n) is 9.22. The van der Waals surface area contributed by atoms with Crippen molar-refractivity contribution in [3.05, 3.63) is 28.7 Å². The Bertz CT molecular complexity index is 346. The van der Waals surface area contributed by atoms with Crippen molar-refractivity contribution in [1.29, 1.82) is 0 Å². The monoisotopic (exact) mass is 346 g/mol. The molecule has 0 atom stereocenters. The fraction of sp³-hybridized carbons (Fsp3) is 0.538. The highest BCUT2D eigenvalue weighted by Crippen LogP contribution is 2.40. The van der Waals surface area contributed by atoms with Crippen LogP contribution in [0, 0.1) is 5.41 Å². The maximum Gasteiger partial charge on any atom is 0.120 e. The minimum atomic E-state index is 0.363. The summed E-state index contributed by atoms with van der Waals surface area (Å²) in [5.74, 6) is 0.960. The molecule has 3 heteroatoms. The molecule has 0 saturated heterocycles. The van der Waals surface area contributed by atoms with Gasteiger partial charge in [-0.1, -0.05) is 50.8 Å². The predicted molar refractivity (Wildman–Crippen MR) is 74.3 cm³/mol. The van der Waals surface area contributed by atoms with E-state index in [1.807, 2.05) is 24.3 Å². The van der Waals surface area contributed by atoms with Gasteiger partial charge in [-0.25, -0.2) is 0 Å². The van der Waals surface area contributed by atoms with E-state index in [0.717, 1.165) is 22.2 Å². The van der Waals surface area contributed by atoms with E-state index in [-0.39, 0.29) is 0 Å². The molecule has 0 amide bonds. The summed E-state index contributed by atoms with van der Waals surface area (Å²) in [5.41, 5.74) is 0.363. The van der Waals surface area contributed by atoms with E-state index in [4.69, 9.17) is 4.74 Å². The van der Waals surface area contributed by atoms with Gasteiger partial charge in [-0.05, 0) is 31.0 Å². The van der Waals surface area contributed by atoms with Gasteiger partial charge in [-0.15, -0.1) is 0 Å². The van der Waals surface area contributed by atoms with Crippen LogP contribution < -0.4 is 4.74 Å². The number of hydrogen-bond donors (Lipinski definition) is 0. The first-order valence-electron chi connectivity index (χ1n) is 5.68. The average Bonchev–Trinajstić information content (AvgIpc) is 2.76. The molecule has 0 aliphatic heterocycles. The summed E-state index contributed by atoms with van der Waals surface area (Å²) < 4.78 is 6.98. The van der Waals surface area contributed by atoms with Crippen LogP contribution in [0.15, 0.2) is 28.7 Å². The summed E-state index contributed by atoms with van der Waals surface area (Å²) in [4.78, 5) is 0. The highest BCUT2D eigenvalue weighted by Gasteiger charge is 2.33. The number of hydrogen-bond acceptors (Lipinski definition) is 1. The van der Waals surface area contributed by atoms with Crippen LogP contribution in [0.5, 0.6) is 5.75 Å². The molecule has 1 aromatic carbocycles. The molecule has 0 N–H and O–H groups in total. The van der Waals surface area contributed by atoms with E-state index in [1.54, 1.807) is 0 Å². The molecule has 1 nitrogen and oxygen atoms in total. The second-order valence-corrected chi connectivity index (χ2v) is 6.06. The van der Waals surface area contributed by atoms with Gasteiger partial charge in [0.05, 0.1) is 6.61 Å². The third kappa shape index (κ3) is 3.01. The van der Waals surface area contributed by atoms with Gasteiger partial charge in [0.25, 0.3) is 0 Å². The predicted octanol–water partition coefficient (Wildman–Crippen LogP) is 4.78. The van der Waals surface area contributed by atoms with Crippen molar-refractivity contribution in [2.24, 2.45) is 5.41 Å². The molecule has 1 saturated carbocycles. The topological polar surface area (TPSA) is 9.23 Å². The molecule has 0 radical (unpaired) electrons. The normalized spacial score (nSPS) is 18.6.